The SMILES string of the molecule is CCN1CCCC1CNC(=NCc1ccc([N+](=O)[O-])cc1)NC(C)COC.I. The molecule has 1 heterocycles. The average molecular weight is 505 g/mol. The zero-order valence-corrected chi connectivity index (χ0v) is 19.2. The standard InChI is InChI=1S/C19H31N5O3.HI/c1-4-23-11-5-6-18(23)13-21-19(22-15(2)14-27-3)20-12-16-7-9-17(10-8-16)24(25)26;/h7-10,15,18H,4-6,11-14H2,1-3H3,(H2,20,21,22);1H. The highest BCUT2D eigenvalue weighted by Gasteiger charge is 2.23. The summed E-state index contributed by atoms with van der Waals surface area (Å²) < 4.78 is 5.20. The number of nitrogens with one attached hydrogen (secondary N) is 2. The van der Waals surface area contributed by atoms with Crippen LogP contribution in [0.5, 0.6) is 0 Å². The van der Waals surface area contributed by atoms with Crippen LogP contribution in [0.2, 0.25) is 0 Å². The van der Waals surface area contributed by atoms with E-state index in [-0.39, 0.29) is 35.7 Å². The molecule has 1 aliphatic rings. The number of nitrogens with zero attached hydrogens (tertiary/aromatic N) is 3. The summed E-state index contributed by atoms with van der Waals surface area (Å²) in [5.74, 6) is 0.737. The Morgan fingerprint density at radius 3 is 2.75 bits per heavy atom. The molecule has 2 atom stereocenters. The lowest BCUT2D eigenvalue weighted by molar-refractivity contribution is -0.384. The molecule has 0 spiro atoms. The maximum atomic E-state index is 10.8. The Morgan fingerprint density at radius 2 is 2.14 bits per heavy atom. The fourth-order valence-corrected chi connectivity index (χ4v) is 3.33. The monoisotopic (exact) mass is 505 g/mol. The van der Waals surface area contributed by atoms with E-state index in [0.29, 0.717) is 19.2 Å². The molecule has 0 bridgehead atoms. The maximum Gasteiger partial charge on any atom is 0.269 e. The number of nitro groups is 1. The van der Waals surface area contributed by atoms with Gasteiger partial charge in [0.2, 0.25) is 0 Å². The second-order valence-electron chi connectivity index (χ2n) is 6.89. The van der Waals surface area contributed by atoms with Gasteiger partial charge in [0.15, 0.2) is 5.96 Å². The third kappa shape index (κ3) is 7.88. The van der Waals surface area contributed by atoms with Crippen LogP contribution in [0.25, 0.3) is 0 Å². The van der Waals surface area contributed by atoms with Gasteiger partial charge < -0.3 is 15.4 Å². The smallest absolute Gasteiger partial charge is 0.269 e. The predicted octanol–water partition coefficient (Wildman–Crippen LogP) is 2.77. The molecule has 0 amide bonds. The van der Waals surface area contributed by atoms with Crippen molar-refractivity contribution >= 4 is 35.6 Å². The molecule has 1 saturated heterocycles. The molecule has 158 valence electrons. The molecular weight excluding hydrogens is 473 g/mol. The van der Waals surface area contributed by atoms with Gasteiger partial charge in [-0.05, 0) is 38.4 Å². The van der Waals surface area contributed by atoms with Crippen molar-refractivity contribution < 1.29 is 9.66 Å². The number of rotatable bonds is 9. The molecule has 0 aliphatic carbocycles. The minimum Gasteiger partial charge on any atom is -0.383 e. The summed E-state index contributed by atoms with van der Waals surface area (Å²) >= 11 is 0. The number of methoxy groups -OCH3 is 1. The molecule has 2 unspecified atom stereocenters. The van der Waals surface area contributed by atoms with Gasteiger partial charge >= 0.3 is 0 Å². The zero-order chi connectivity index (χ0) is 19.6. The molecular formula is C19H32IN5O3. The molecule has 2 N–H and O–H groups in total. The van der Waals surface area contributed by atoms with Crippen LogP contribution in [0.4, 0.5) is 5.69 Å². The number of benzene rings is 1. The molecule has 0 aromatic heterocycles. The predicted molar refractivity (Wildman–Crippen MR) is 122 cm³/mol. The zero-order valence-electron chi connectivity index (χ0n) is 16.9. The van der Waals surface area contributed by atoms with Crippen LogP contribution < -0.4 is 10.6 Å². The highest BCUT2D eigenvalue weighted by atomic mass is 127. The first-order valence-electron chi connectivity index (χ1n) is 9.54. The van der Waals surface area contributed by atoms with Crippen molar-refractivity contribution in [2.24, 2.45) is 4.99 Å². The average Bonchev–Trinajstić information content (AvgIpc) is 3.12. The van der Waals surface area contributed by atoms with Crippen molar-refractivity contribution in [1.82, 2.24) is 15.5 Å². The Kier molecular flexibility index (Phi) is 11.3. The quantitative estimate of drug-likeness (QED) is 0.176. The molecule has 1 fully saturated rings. The van der Waals surface area contributed by atoms with E-state index < -0.39 is 4.92 Å². The van der Waals surface area contributed by atoms with E-state index in [1.165, 1.54) is 25.0 Å². The summed E-state index contributed by atoms with van der Waals surface area (Å²) in [7, 11) is 1.68. The summed E-state index contributed by atoms with van der Waals surface area (Å²) in [6.45, 7) is 8.35. The number of ether oxygens (including phenoxy) is 1. The Balaban J connectivity index is 0.00000392. The molecule has 0 saturated carbocycles. The molecule has 1 aliphatic heterocycles. The Hall–Kier alpha value is -1.46. The van der Waals surface area contributed by atoms with Crippen molar-refractivity contribution in [3.63, 3.8) is 0 Å². The van der Waals surface area contributed by atoms with Gasteiger partial charge in [0.25, 0.3) is 5.69 Å². The largest absolute Gasteiger partial charge is 0.383 e. The summed E-state index contributed by atoms with van der Waals surface area (Å²) in [4.78, 5) is 17.5. The Labute approximate surface area is 184 Å². The summed E-state index contributed by atoms with van der Waals surface area (Å²) in [5, 5.41) is 17.6. The molecule has 8 nitrogen and oxygen atoms in total. The molecule has 2 rings (SSSR count). The highest BCUT2D eigenvalue weighted by Crippen LogP contribution is 2.15. The van der Waals surface area contributed by atoms with E-state index in [1.807, 2.05) is 6.92 Å². The van der Waals surface area contributed by atoms with Crippen LogP contribution in [0.3, 0.4) is 0 Å². The summed E-state index contributed by atoms with van der Waals surface area (Å²) in [6, 6.07) is 7.16. The minimum absolute atomic E-state index is 0. The van der Waals surface area contributed by atoms with Crippen molar-refractivity contribution in [3.05, 3.63) is 39.9 Å². The third-order valence-electron chi connectivity index (χ3n) is 4.78. The van der Waals surface area contributed by atoms with E-state index >= 15 is 0 Å². The maximum absolute atomic E-state index is 10.8. The first-order valence-corrected chi connectivity index (χ1v) is 9.54. The number of hydrogen-bond donors (Lipinski definition) is 2. The molecule has 0 radical (unpaired) electrons. The van der Waals surface area contributed by atoms with Gasteiger partial charge in [-0.3, -0.25) is 15.0 Å². The van der Waals surface area contributed by atoms with E-state index in [0.717, 1.165) is 31.2 Å². The fraction of sp³-hybridized carbons (Fsp3) is 0.632. The van der Waals surface area contributed by atoms with Crippen molar-refractivity contribution in [2.45, 2.75) is 45.3 Å². The number of non-ortho nitro benzene ring substituents is 1. The number of halogens is 1. The number of nitro benzene ring substituents is 1. The number of likely N-dealkylation sites (N-methyl/N-ethyl adjacent to an activating group) is 1. The third-order valence-corrected chi connectivity index (χ3v) is 4.78. The van der Waals surface area contributed by atoms with Crippen molar-refractivity contribution in [2.75, 3.05) is 33.4 Å². The molecule has 1 aromatic rings. The summed E-state index contributed by atoms with van der Waals surface area (Å²) in [5.41, 5.74) is 1.02. The van der Waals surface area contributed by atoms with Crippen LogP contribution in [0.1, 0.15) is 32.3 Å². The number of likely N-dealkylation sites (tertiary alicyclic amines) is 1. The lowest BCUT2D eigenvalue weighted by atomic mass is 10.2. The summed E-state index contributed by atoms with van der Waals surface area (Å²) in [6.07, 6.45) is 2.44. The Morgan fingerprint density at radius 1 is 1.43 bits per heavy atom. The van der Waals surface area contributed by atoms with E-state index in [9.17, 15) is 10.1 Å². The minimum atomic E-state index is -0.394. The van der Waals surface area contributed by atoms with Gasteiger partial charge in [-0.2, -0.15) is 0 Å². The number of aliphatic imine (C=N–C) groups is 1. The van der Waals surface area contributed by atoms with Gasteiger partial charge in [-0.25, -0.2) is 4.99 Å². The van der Waals surface area contributed by atoms with Gasteiger partial charge in [-0.1, -0.05) is 19.1 Å². The van der Waals surface area contributed by atoms with E-state index in [4.69, 9.17) is 4.74 Å². The van der Waals surface area contributed by atoms with Gasteiger partial charge in [0.1, 0.15) is 0 Å². The van der Waals surface area contributed by atoms with Gasteiger partial charge in [-0.15, -0.1) is 24.0 Å². The van der Waals surface area contributed by atoms with E-state index in [1.54, 1.807) is 19.2 Å². The lowest BCUT2D eigenvalue weighted by Gasteiger charge is -2.25. The molecule has 28 heavy (non-hydrogen) atoms. The first-order chi connectivity index (χ1) is 13.0. The van der Waals surface area contributed by atoms with Crippen LogP contribution in [-0.4, -0.2) is 61.2 Å². The molecule has 1 aromatic carbocycles. The van der Waals surface area contributed by atoms with Gasteiger partial charge in [0.05, 0.1) is 18.1 Å². The fourth-order valence-electron chi connectivity index (χ4n) is 3.33. The number of guanidine groups is 1. The topological polar surface area (TPSA) is 92.0 Å². The number of hydrogen-bond acceptors (Lipinski definition) is 5. The van der Waals surface area contributed by atoms with Crippen LogP contribution in [0.15, 0.2) is 29.3 Å². The van der Waals surface area contributed by atoms with Crippen molar-refractivity contribution in [1.29, 1.82) is 0 Å². The second-order valence-corrected chi connectivity index (χ2v) is 6.89. The van der Waals surface area contributed by atoms with Gasteiger partial charge in [0, 0.05) is 37.9 Å². The van der Waals surface area contributed by atoms with Crippen LogP contribution >= 0.6 is 24.0 Å². The van der Waals surface area contributed by atoms with E-state index in [2.05, 4.69) is 27.4 Å². The highest BCUT2D eigenvalue weighted by molar-refractivity contribution is 14.0. The van der Waals surface area contributed by atoms with Crippen LogP contribution in [-0.2, 0) is 11.3 Å². The lowest BCUT2D eigenvalue weighted by Crippen LogP contribution is -2.48. The van der Waals surface area contributed by atoms with Crippen molar-refractivity contribution in [3.8, 4) is 0 Å². The first kappa shape index (κ1) is 24.6. The Bertz CT molecular complexity index is 627. The second kappa shape index (κ2) is 12.9. The normalized spacial score (nSPS) is 18.4. The molecule has 9 heteroatoms. The van der Waals surface area contributed by atoms with Crippen LogP contribution in [0, 0.1) is 10.1 Å².